The molecule has 130 valence electrons. The van der Waals surface area contributed by atoms with Crippen LogP contribution in [0.3, 0.4) is 0 Å². The third-order valence-corrected chi connectivity index (χ3v) is 6.49. The van der Waals surface area contributed by atoms with Crippen molar-refractivity contribution in [3.63, 3.8) is 0 Å². The van der Waals surface area contributed by atoms with E-state index in [9.17, 15) is 4.79 Å². The summed E-state index contributed by atoms with van der Waals surface area (Å²) in [5.41, 5.74) is 1.16. The summed E-state index contributed by atoms with van der Waals surface area (Å²) in [4.78, 5) is 19.4. The van der Waals surface area contributed by atoms with Crippen LogP contribution in [0.25, 0.3) is 0 Å². The number of benzene rings is 1. The summed E-state index contributed by atoms with van der Waals surface area (Å²) in [6, 6.07) is 9.14. The monoisotopic (exact) mass is 347 g/mol. The highest BCUT2D eigenvalue weighted by molar-refractivity contribution is 6.33. The second-order valence-corrected chi connectivity index (χ2v) is 7.91. The van der Waals surface area contributed by atoms with E-state index < -0.39 is 0 Å². The summed E-state index contributed by atoms with van der Waals surface area (Å²) in [5, 5.41) is 0.844. The average molecular weight is 348 g/mol. The van der Waals surface area contributed by atoms with Crippen LogP contribution in [0.1, 0.15) is 25.7 Å². The van der Waals surface area contributed by atoms with Gasteiger partial charge in [0.2, 0.25) is 5.91 Å². The average Bonchev–Trinajstić information content (AvgIpc) is 2.89. The molecule has 24 heavy (non-hydrogen) atoms. The molecule has 0 unspecified atom stereocenters. The molecule has 0 spiro atoms. The Labute approximate surface area is 149 Å². The van der Waals surface area contributed by atoms with Gasteiger partial charge in [-0.25, -0.2) is 0 Å². The van der Waals surface area contributed by atoms with Crippen LogP contribution in [0.5, 0.6) is 0 Å². The van der Waals surface area contributed by atoms with Gasteiger partial charge in [0.05, 0.1) is 16.6 Å². The van der Waals surface area contributed by atoms with Crippen molar-refractivity contribution in [2.75, 3.05) is 38.1 Å². The van der Waals surface area contributed by atoms with Gasteiger partial charge in [0, 0.05) is 45.3 Å². The number of rotatable bonds is 2. The Kier molecular flexibility index (Phi) is 4.44. The Morgan fingerprint density at radius 2 is 1.75 bits per heavy atom. The van der Waals surface area contributed by atoms with E-state index >= 15 is 0 Å². The molecule has 0 aliphatic carbocycles. The van der Waals surface area contributed by atoms with Crippen LogP contribution in [0, 0.1) is 5.92 Å². The van der Waals surface area contributed by atoms with Crippen molar-refractivity contribution < 1.29 is 4.79 Å². The van der Waals surface area contributed by atoms with Crippen LogP contribution >= 0.6 is 11.6 Å². The molecule has 2 bridgehead atoms. The lowest BCUT2D eigenvalue weighted by molar-refractivity contribution is -0.138. The lowest BCUT2D eigenvalue weighted by Crippen LogP contribution is -2.48. The predicted molar refractivity (Wildman–Crippen MR) is 97.5 cm³/mol. The fraction of sp³-hybridized carbons (Fsp3) is 0.632. The summed E-state index contributed by atoms with van der Waals surface area (Å²) in [7, 11) is 1.99. The van der Waals surface area contributed by atoms with Gasteiger partial charge in [0.25, 0.3) is 0 Å². The van der Waals surface area contributed by atoms with Crippen LogP contribution in [-0.2, 0) is 4.79 Å². The number of hydrogen-bond acceptors (Lipinski definition) is 3. The molecule has 1 amide bonds. The van der Waals surface area contributed by atoms with E-state index in [4.69, 9.17) is 11.6 Å². The van der Waals surface area contributed by atoms with Crippen molar-refractivity contribution in [2.24, 2.45) is 5.92 Å². The van der Waals surface area contributed by atoms with Crippen molar-refractivity contribution in [3.8, 4) is 0 Å². The van der Waals surface area contributed by atoms with Gasteiger partial charge in [0.15, 0.2) is 0 Å². The number of nitrogens with zero attached hydrogens (tertiary/aromatic N) is 3. The molecule has 0 N–H and O–H groups in total. The molecule has 5 rings (SSSR count). The Morgan fingerprint density at radius 3 is 2.50 bits per heavy atom. The number of hydrogen-bond donors (Lipinski definition) is 0. The first-order valence-electron chi connectivity index (χ1n) is 9.13. The molecule has 1 aromatic rings. The minimum Gasteiger partial charge on any atom is -0.370 e. The summed E-state index contributed by atoms with van der Waals surface area (Å²) < 4.78 is 0. The molecular formula is C19H26ClN3O. The normalized spacial score (nSPS) is 29.2. The standard InChI is InChI=1S/C19H26ClN3O/c1-21-16-7-6-14(19(21)24)12-23(13-16)15-8-10-22(11-9-15)18-5-3-2-4-17(18)20/h2-5,14-16H,6-13H2,1H3/t14-,16+/m0/s1. The summed E-state index contributed by atoms with van der Waals surface area (Å²) in [5.74, 6) is 0.581. The van der Waals surface area contributed by atoms with Crippen molar-refractivity contribution >= 4 is 23.2 Å². The van der Waals surface area contributed by atoms with Crippen molar-refractivity contribution in [1.82, 2.24) is 9.80 Å². The van der Waals surface area contributed by atoms with E-state index in [1.165, 1.54) is 6.42 Å². The number of likely N-dealkylation sites (N-methyl/N-ethyl adjacent to an activating group) is 1. The van der Waals surface area contributed by atoms with Gasteiger partial charge < -0.3 is 9.80 Å². The number of carbonyl (C=O) groups is 1. The second-order valence-electron chi connectivity index (χ2n) is 7.50. The highest BCUT2D eigenvalue weighted by Gasteiger charge is 2.41. The SMILES string of the molecule is CN1C(=O)[C@H]2CC[C@@H]1CN(C1CCN(c3ccccc3Cl)CC1)C2. The molecule has 0 saturated carbocycles. The first-order chi connectivity index (χ1) is 11.6. The van der Waals surface area contributed by atoms with Crippen LogP contribution in [0.4, 0.5) is 5.69 Å². The number of piperidine rings is 2. The van der Waals surface area contributed by atoms with Gasteiger partial charge in [-0.2, -0.15) is 0 Å². The maximum atomic E-state index is 12.4. The smallest absolute Gasteiger partial charge is 0.227 e. The first-order valence-corrected chi connectivity index (χ1v) is 9.51. The Balaban J connectivity index is 1.41. The third-order valence-electron chi connectivity index (χ3n) is 6.17. The van der Waals surface area contributed by atoms with E-state index in [-0.39, 0.29) is 5.92 Å². The fourth-order valence-corrected chi connectivity index (χ4v) is 4.92. The molecule has 4 fully saturated rings. The molecule has 4 saturated heterocycles. The van der Waals surface area contributed by atoms with Crippen molar-refractivity contribution in [1.29, 1.82) is 0 Å². The lowest BCUT2D eigenvalue weighted by Gasteiger charge is -2.40. The molecule has 2 atom stereocenters. The zero-order chi connectivity index (χ0) is 16.7. The third kappa shape index (κ3) is 2.91. The van der Waals surface area contributed by atoms with Gasteiger partial charge in [0.1, 0.15) is 0 Å². The second kappa shape index (κ2) is 6.57. The molecule has 4 nitrogen and oxygen atoms in total. The zero-order valence-electron chi connectivity index (χ0n) is 14.3. The Morgan fingerprint density at radius 1 is 1.00 bits per heavy atom. The van der Waals surface area contributed by atoms with Crippen LogP contribution < -0.4 is 4.90 Å². The number of anilines is 1. The number of amides is 1. The number of halogens is 1. The topological polar surface area (TPSA) is 26.8 Å². The number of carbonyl (C=O) groups excluding carboxylic acids is 1. The molecule has 4 aliphatic heterocycles. The predicted octanol–water partition coefficient (Wildman–Crippen LogP) is 2.86. The van der Waals surface area contributed by atoms with Gasteiger partial charge in [-0.05, 0) is 37.8 Å². The van der Waals surface area contributed by atoms with Crippen LogP contribution in [0.2, 0.25) is 5.02 Å². The van der Waals surface area contributed by atoms with Gasteiger partial charge in [-0.1, -0.05) is 23.7 Å². The van der Waals surface area contributed by atoms with Gasteiger partial charge in [-0.3, -0.25) is 9.69 Å². The maximum absolute atomic E-state index is 12.4. The fourth-order valence-electron chi connectivity index (χ4n) is 4.67. The van der Waals surface area contributed by atoms with E-state index in [2.05, 4.69) is 21.9 Å². The first kappa shape index (κ1) is 16.2. The van der Waals surface area contributed by atoms with E-state index in [0.717, 1.165) is 56.2 Å². The molecule has 4 heterocycles. The summed E-state index contributed by atoms with van der Waals surface area (Å²) >= 11 is 6.35. The van der Waals surface area contributed by atoms with Crippen molar-refractivity contribution in [2.45, 2.75) is 37.8 Å². The lowest BCUT2D eigenvalue weighted by atomic mass is 9.95. The van der Waals surface area contributed by atoms with E-state index in [1.54, 1.807) is 0 Å². The van der Waals surface area contributed by atoms with Crippen LogP contribution in [0.15, 0.2) is 24.3 Å². The zero-order valence-corrected chi connectivity index (χ0v) is 15.1. The van der Waals surface area contributed by atoms with E-state index in [0.29, 0.717) is 18.0 Å². The summed E-state index contributed by atoms with van der Waals surface area (Å²) in [6.07, 6.45) is 4.55. The molecule has 1 aromatic carbocycles. The largest absolute Gasteiger partial charge is 0.370 e. The highest BCUT2D eigenvalue weighted by Crippen LogP contribution is 2.33. The highest BCUT2D eigenvalue weighted by atomic mass is 35.5. The molecule has 5 heteroatoms. The van der Waals surface area contributed by atoms with Gasteiger partial charge >= 0.3 is 0 Å². The molecular weight excluding hydrogens is 322 g/mol. The number of fused-ring (bicyclic) bond motifs is 4. The Hall–Kier alpha value is -1.26. The van der Waals surface area contributed by atoms with Gasteiger partial charge in [-0.15, -0.1) is 0 Å². The van der Waals surface area contributed by atoms with E-state index in [1.807, 2.05) is 24.1 Å². The molecule has 0 aromatic heterocycles. The molecule has 4 aliphatic rings. The Bertz CT molecular complexity index is 614. The summed E-state index contributed by atoms with van der Waals surface area (Å²) in [6.45, 7) is 4.10. The minimum absolute atomic E-state index is 0.218. The van der Waals surface area contributed by atoms with Crippen molar-refractivity contribution in [3.05, 3.63) is 29.3 Å². The minimum atomic E-state index is 0.218. The molecule has 0 radical (unpaired) electrons. The van der Waals surface area contributed by atoms with Crippen LogP contribution in [-0.4, -0.2) is 61.0 Å². The number of para-hydroxylation sites is 1. The quantitative estimate of drug-likeness (QED) is 0.823. The maximum Gasteiger partial charge on any atom is 0.227 e.